The Balaban J connectivity index is 1.39. The van der Waals surface area contributed by atoms with Gasteiger partial charge in [0.15, 0.2) is 10.9 Å². The number of benzene rings is 1. The maximum atomic E-state index is 12.0. The highest BCUT2D eigenvalue weighted by Crippen LogP contribution is 2.29. The molecule has 0 bridgehead atoms. The molecule has 3 rings (SSSR count). The van der Waals surface area contributed by atoms with Crippen molar-refractivity contribution in [1.29, 1.82) is 0 Å². The average Bonchev–Trinajstić information content (AvgIpc) is 3.01. The van der Waals surface area contributed by atoms with Gasteiger partial charge < -0.3 is 10.1 Å². The van der Waals surface area contributed by atoms with Crippen LogP contribution in [0.2, 0.25) is 0 Å². The lowest BCUT2D eigenvalue weighted by molar-refractivity contribution is -0.116. The van der Waals surface area contributed by atoms with Crippen LogP contribution in [0.4, 0.5) is 5.13 Å². The summed E-state index contributed by atoms with van der Waals surface area (Å²) in [4.78, 5) is 29.1. The molecule has 1 aromatic carbocycles. The number of aryl methyl sites for hydroxylation is 2. The molecule has 0 spiro atoms. The molecule has 6 heteroatoms. The Morgan fingerprint density at radius 1 is 1.20 bits per heavy atom. The van der Waals surface area contributed by atoms with Crippen molar-refractivity contribution in [2.24, 2.45) is 0 Å². The number of thiazole rings is 1. The quantitative estimate of drug-likeness (QED) is 0.599. The fourth-order valence-corrected chi connectivity index (χ4v) is 3.86. The third kappa shape index (κ3) is 4.89. The molecule has 1 aromatic heterocycles. The van der Waals surface area contributed by atoms with Gasteiger partial charge in [-0.1, -0.05) is 0 Å². The van der Waals surface area contributed by atoms with E-state index in [0.717, 1.165) is 23.7 Å². The number of fused-ring (bicyclic) bond motifs is 1. The molecule has 1 N–H and O–H groups in total. The first kappa shape index (κ1) is 17.6. The highest BCUT2D eigenvalue weighted by Gasteiger charge is 2.16. The molecule has 0 unspecified atom stereocenters. The number of carbonyl (C=O) groups is 2. The Hall–Kier alpha value is -2.21. The van der Waals surface area contributed by atoms with Crippen molar-refractivity contribution >= 4 is 28.2 Å². The molecule has 0 aliphatic heterocycles. The first-order chi connectivity index (χ1) is 12.1. The second-order valence-corrected chi connectivity index (χ2v) is 7.26. The lowest BCUT2D eigenvalue weighted by Crippen LogP contribution is -2.12. The van der Waals surface area contributed by atoms with Crippen LogP contribution in [0.3, 0.4) is 0 Å². The number of rotatable bonds is 7. The van der Waals surface area contributed by atoms with Crippen molar-refractivity contribution in [2.75, 3.05) is 11.9 Å². The lowest BCUT2D eigenvalue weighted by atomic mass is 10.0. The molecule has 1 amide bonds. The number of hydrogen-bond donors (Lipinski definition) is 1. The first-order valence-corrected chi connectivity index (χ1v) is 9.46. The van der Waals surface area contributed by atoms with E-state index < -0.39 is 0 Å². The van der Waals surface area contributed by atoms with Crippen LogP contribution < -0.4 is 10.1 Å². The van der Waals surface area contributed by atoms with Gasteiger partial charge in [-0.2, -0.15) is 0 Å². The third-order valence-electron chi connectivity index (χ3n) is 4.17. The number of ether oxygens (including phenoxy) is 1. The van der Waals surface area contributed by atoms with Crippen molar-refractivity contribution < 1.29 is 14.3 Å². The minimum absolute atomic E-state index is 0.0263. The van der Waals surface area contributed by atoms with E-state index in [2.05, 4.69) is 10.3 Å². The predicted octanol–water partition coefficient (Wildman–Crippen LogP) is 4.02. The highest BCUT2D eigenvalue weighted by molar-refractivity contribution is 7.15. The van der Waals surface area contributed by atoms with Crippen LogP contribution in [-0.4, -0.2) is 23.3 Å². The summed E-state index contributed by atoms with van der Waals surface area (Å²) in [5.41, 5.74) is 1.82. The molecule has 0 saturated carbocycles. The zero-order valence-corrected chi connectivity index (χ0v) is 15.2. The van der Waals surface area contributed by atoms with Gasteiger partial charge in [0.1, 0.15) is 5.75 Å². The van der Waals surface area contributed by atoms with Crippen molar-refractivity contribution in [3.8, 4) is 5.75 Å². The first-order valence-electron chi connectivity index (χ1n) is 8.64. The van der Waals surface area contributed by atoms with Gasteiger partial charge in [0, 0.05) is 16.9 Å². The van der Waals surface area contributed by atoms with E-state index in [0.29, 0.717) is 30.8 Å². The summed E-state index contributed by atoms with van der Waals surface area (Å²) in [5.74, 6) is 0.715. The van der Waals surface area contributed by atoms with Crippen molar-refractivity contribution in [2.45, 2.75) is 45.4 Å². The molecule has 1 aliphatic rings. The summed E-state index contributed by atoms with van der Waals surface area (Å²) < 4.78 is 5.60. The molecule has 1 aliphatic carbocycles. The molecule has 5 nitrogen and oxygen atoms in total. The summed E-state index contributed by atoms with van der Waals surface area (Å²) in [7, 11) is 0. The predicted molar refractivity (Wildman–Crippen MR) is 98.6 cm³/mol. The van der Waals surface area contributed by atoms with Gasteiger partial charge in [0.05, 0.1) is 12.3 Å². The standard InChI is InChI=1S/C19H22N2O3S/c1-13(22)14-8-10-15(11-9-14)24-12-4-7-18(23)21-19-20-16-5-2-3-6-17(16)25-19/h8-11H,2-7,12H2,1H3,(H,20,21,23). The Labute approximate surface area is 151 Å². The third-order valence-corrected chi connectivity index (χ3v) is 5.24. The SMILES string of the molecule is CC(=O)c1ccc(OCCCC(=O)Nc2nc3c(s2)CCCC3)cc1. The second-order valence-electron chi connectivity index (χ2n) is 6.18. The minimum atomic E-state index is -0.0263. The van der Waals surface area contributed by atoms with E-state index in [1.54, 1.807) is 35.6 Å². The molecule has 0 saturated heterocycles. The van der Waals surface area contributed by atoms with Crippen molar-refractivity contribution in [1.82, 2.24) is 4.98 Å². The minimum Gasteiger partial charge on any atom is -0.494 e. The number of nitrogens with one attached hydrogen (secondary N) is 1. The van der Waals surface area contributed by atoms with Gasteiger partial charge in [-0.05, 0) is 63.3 Å². The van der Waals surface area contributed by atoms with Crippen LogP contribution in [0.5, 0.6) is 5.75 Å². The summed E-state index contributed by atoms with van der Waals surface area (Å²) in [6.45, 7) is 1.99. The smallest absolute Gasteiger partial charge is 0.226 e. The average molecular weight is 358 g/mol. The van der Waals surface area contributed by atoms with Gasteiger partial charge in [0.25, 0.3) is 0 Å². The van der Waals surface area contributed by atoms with Gasteiger partial charge >= 0.3 is 0 Å². The van der Waals surface area contributed by atoms with Crippen LogP contribution in [0.1, 0.15) is 53.5 Å². The number of hydrogen-bond acceptors (Lipinski definition) is 5. The van der Waals surface area contributed by atoms with Gasteiger partial charge in [0.2, 0.25) is 5.91 Å². The van der Waals surface area contributed by atoms with E-state index in [4.69, 9.17) is 4.74 Å². The molecule has 0 fully saturated rings. The summed E-state index contributed by atoms with van der Waals surface area (Å²) in [5, 5.41) is 3.61. The number of amides is 1. The van der Waals surface area contributed by atoms with E-state index in [1.165, 1.54) is 24.6 Å². The number of Topliss-reactive ketones (excluding diaryl/α,β-unsaturated/α-hetero) is 1. The molecule has 0 radical (unpaired) electrons. The fourth-order valence-electron chi connectivity index (χ4n) is 2.80. The highest BCUT2D eigenvalue weighted by atomic mass is 32.1. The van der Waals surface area contributed by atoms with E-state index in [1.807, 2.05) is 0 Å². The number of nitrogens with zero attached hydrogens (tertiary/aromatic N) is 1. The Morgan fingerprint density at radius 3 is 2.68 bits per heavy atom. The fraction of sp³-hybridized carbons (Fsp3) is 0.421. The molecular weight excluding hydrogens is 336 g/mol. The van der Waals surface area contributed by atoms with E-state index in [9.17, 15) is 9.59 Å². The molecule has 132 valence electrons. The Bertz CT molecular complexity index is 729. The summed E-state index contributed by atoms with van der Waals surface area (Å²) in [6.07, 6.45) is 5.54. The largest absolute Gasteiger partial charge is 0.494 e. The maximum Gasteiger partial charge on any atom is 0.226 e. The molecule has 2 aromatic rings. The van der Waals surface area contributed by atoms with Crippen molar-refractivity contribution in [3.63, 3.8) is 0 Å². The second kappa shape index (κ2) is 8.25. The number of anilines is 1. The van der Waals surface area contributed by atoms with Crippen LogP contribution in [0.25, 0.3) is 0 Å². The monoisotopic (exact) mass is 358 g/mol. The molecule has 0 atom stereocenters. The van der Waals surface area contributed by atoms with Crippen LogP contribution in [0, 0.1) is 0 Å². The number of carbonyl (C=O) groups excluding carboxylic acids is 2. The van der Waals surface area contributed by atoms with Crippen LogP contribution >= 0.6 is 11.3 Å². The zero-order valence-electron chi connectivity index (χ0n) is 14.3. The number of ketones is 1. The van der Waals surface area contributed by atoms with Gasteiger partial charge in [-0.25, -0.2) is 4.98 Å². The Kier molecular flexibility index (Phi) is 5.81. The Morgan fingerprint density at radius 2 is 1.96 bits per heavy atom. The van der Waals surface area contributed by atoms with Crippen LogP contribution in [-0.2, 0) is 17.6 Å². The lowest BCUT2D eigenvalue weighted by Gasteiger charge is -2.06. The van der Waals surface area contributed by atoms with E-state index >= 15 is 0 Å². The van der Waals surface area contributed by atoms with Gasteiger partial charge in [-0.15, -0.1) is 11.3 Å². The molecular formula is C19H22N2O3S. The topological polar surface area (TPSA) is 68.3 Å². The summed E-state index contributed by atoms with van der Waals surface area (Å²) >= 11 is 1.60. The summed E-state index contributed by atoms with van der Waals surface area (Å²) in [6, 6.07) is 7.04. The molecule has 1 heterocycles. The van der Waals surface area contributed by atoms with Crippen LogP contribution in [0.15, 0.2) is 24.3 Å². The zero-order chi connectivity index (χ0) is 17.6. The normalized spacial score (nSPS) is 13.2. The van der Waals surface area contributed by atoms with Crippen molar-refractivity contribution in [3.05, 3.63) is 40.4 Å². The molecule has 25 heavy (non-hydrogen) atoms. The van der Waals surface area contributed by atoms with E-state index in [-0.39, 0.29) is 11.7 Å². The maximum absolute atomic E-state index is 12.0. The van der Waals surface area contributed by atoms with Gasteiger partial charge in [-0.3, -0.25) is 9.59 Å². The number of aromatic nitrogens is 1.